The van der Waals surface area contributed by atoms with Crippen LogP contribution in [0.15, 0.2) is 0 Å². The van der Waals surface area contributed by atoms with Gasteiger partial charge in [-0.25, -0.2) is 0 Å². The second-order valence-corrected chi connectivity index (χ2v) is 16.8. The van der Waals surface area contributed by atoms with E-state index in [4.69, 9.17) is 23.7 Å². The largest absolute Gasteiger partial charge is 0.348 e. The van der Waals surface area contributed by atoms with Crippen molar-refractivity contribution in [1.29, 1.82) is 0 Å². The standard InChI is InChI=1S/C17H31O6PS2/c1-7-25-24(18,26-8-2)10-11-13(12-9-19-16(3,4)21-12)20-15-14(11)22-17(5,6)23-15/h11-15H,7-10H2,1-6H3/t11-,12-,13+,14-,15-/m1/s1. The molecule has 0 amide bonds. The monoisotopic (exact) mass is 426 g/mol. The van der Waals surface area contributed by atoms with Gasteiger partial charge in [-0.05, 0) is 39.2 Å². The highest BCUT2D eigenvalue weighted by atomic mass is 33.1. The molecule has 3 saturated heterocycles. The maximum atomic E-state index is 13.5. The normalized spacial score (nSPS) is 38.6. The summed E-state index contributed by atoms with van der Waals surface area (Å²) in [5.41, 5.74) is -2.45. The fraction of sp³-hybridized carbons (Fsp3) is 1.00. The fourth-order valence-electron chi connectivity index (χ4n) is 3.84. The third-order valence-corrected chi connectivity index (χ3v) is 13.6. The van der Waals surface area contributed by atoms with E-state index in [1.165, 1.54) is 0 Å². The number of hydrogen-bond donors (Lipinski definition) is 0. The predicted molar refractivity (Wildman–Crippen MR) is 106 cm³/mol. The number of fused-ring (bicyclic) bond motifs is 1. The van der Waals surface area contributed by atoms with Crippen LogP contribution in [-0.2, 0) is 28.2 Å². The molecule has 3 rings (SSSR count). The van der Waals surface area contributed by atoms with Crippen LogP contribution >= 0.6 is 28.3 Å². The van der Waals surface area contributed by atoms with E-state index in [-0.39, 0.29) is 24.2 Å². The molecule has 3 fully saturated rings. The average molecular weight is 427 g/mol. The summed E-state index contributed by atoms with van der Waals surface area (Å²) >= 11 is 3.13. The molecule has 0 aromatic rings. The van der Waals surface area contributed by atoms with E-state index < -0.39 is 23.4 Å². The molecule has 5 atom stereocenters. The van der Waals surface area contributed by atoms with Gasteiger partial charge in [-0.3, -0.25) is 0 Å². The van der Waals surface area contributed by atoms with Crippen molar-refractivity contribution in [3.05, 3.63) is 0 Å². The molecule has 152 valence electrons. The minimum atomic E-state index is -2.45. The van der Waals surface area contributed by atoms with Crippen LogP contribution in [0.25, 0.3) is 0 Å². The van der Waals surface area contributed by atoms with E-state index in [2.05, 4.69) is 0 Å². The molecule has 26 heavy (non-hydrogen) atoms. The molecule has 0 spiro atoms. The molecule has 3 aliphatic rings. The molecule has 0 N–H and O–H groups in total. The summed E-state index contributed by atoms with van der Waals surface area (Å²) in [7, 11) is 0. The molecule has 0 saturated carbocycles. The fourth-order valence-corrected chi connectivity index (χ4v) is 12.7. The molecule has 3 heterocycles. The lowest BCUT2D eigenvalue weighted by atomic mass is 9.97. The van der Waals surface area contributed by atoms with Gasteiger partial charge < -0.3 is 28.2 Å². The molecule has 0 radical (unpaired) electrons. The topological polar surface area (TPSA) is 63.2 Å². The van der Waals surface area contributed by atoms with Crippen molar-refractivity contribution in [2.24, 2.45) is 5.92 Å². The Morgan fingerprint density at radius 3 is 2.15 bits per heavy atom. The second kappa shape index (κ2) is 7.86. The molecule has 6 nitrogen and oxygen atoms in total. The Labute approximate surface area is 164 Å². The third-order valence-electron chi connectivity index (χ3n) is 4.71. The first kappa shape index (κ1) is 21.4. The van der Waals surface area contributed by atoms with Crippen molar-refractivity contribution in [2.45, 2.75) is 77.7 Å². The van der Waals surface area contributed by atoms with E-state index in [1.807, 2.05) is 41.5 Å². The van der Waals surface area contributed by atoms with Crippen molar-refractivity contribution in [3.8, 4) is 0 Å². The summed E-state index contributed by atoms with van der Waals surface area (Å²) in [5, 5.41) is 0. The molecule has 0 aliphatic carbocycles. The first-order valence-corrected chi connectivity index (χ1v) is 14.4. The van der Waals surface area contributed by atoms with Gasteiger partial charge in [0.2, 0.25) is 0 Å². The van der Waals surface area contributed by atoms with Gasteiger partial charge in [0.15, 0.2) is 23.4 Å². The van der Waals surface area contributed by atoms with Crippen LogP contribution in [0, 0.1) is 5.92 Å². The Morgan fingerprint density at radius 1 is 0.962 bits per heavy atom. The van der Waals surface area contributed by atoms with Gasteiger partial charge in [-0.1, -0.05) is 36.6 Å². The van der Waals surface area contributed by atoms with Gasteiger partial charge in [0, 0.05) is 12.1 Å². The SMILES string of the molecule is CCSP(=O)(C[C@H]1[C@H]2OC(C)(C)O[C@H]2O[C@@H]1[C@H]1COC(C)(C)O1)SCC. The van der Waals surface area contributed by atoms with Crippen molar-refractivity contribution in [1.82, 2.24) is 0 Å². The molecule has 0 bridgehead atoms. The van der Waals surface area contributed by atoms with Crippen LogP contribution in [0.5, 0.6) is 0 Å². The Balaban J connectivity index is 1.81. The summed E-state index contributed by atoms with van der Waals surface area (Å²) in [6.07, 6.45) is -0.575. The van der Waals surface area contributed by atoms with Gasteiger partial charge in [-0.2, -0.15) is 0 Å². The maximum Gasteiger partial charge on any atom is 0.191 e. The third kappa shape index (κ3) is 4.65. The Bertz CT molecular complexity index is 547. The molecule has 0 unspecified atom stereocenters. The van der Waals surface area contributed by atoms with Crippen molar-refractivity contribution < 1.29 is 28.2 Å². The van der Waals surface area contributed by atoms with Gasteiger partial charge in [0.05, 0.1) is 12.7 Å². The molecule has 0 aromatic heterocycles. The molecular formula is C17H31O6PS2. The number of hydrogen-bond acceptors (Lipinski definition) is 8. The Hall–Kier alpha value is 0.730. The number of rotatable bonds is 7. The quantitative estimate of drug-likeness (QED) is 0.558. The zero-order valence-corrected chi connectivity index (χ0v) is 19.0. The van der Waals surface area contributed by atoms with Gasteiger partial charge >= 0.3 is 0 Å². The van der Waals surface area contributed by atoms with Crippen molar-refractivity contribution in [3.63, 3.8) is 0 Å². The van der Waals surface area contributed by atoms with Crippen LogP contribution in [-0.4, -0.2) is 60.5 Å². The smallest absolute Gasteiger partial charge is 0.191 e. The summed E-state index contributed by atoms with van der Waals surface area (Å²) < 4.78 is 43.6. The van der Waals surface area contributed by atoms with Gasteiger partial charge in [-0.15, -0.1) is 0 Å². The zero-order chi connectivity index (χ0) is 19.2. The highest BCUT2D eigenvalue weighted by molar-refractivity contribution is 8.90. The predicted octanol–water partition coefficient (Wildman–Crippen LogP) is 4.33. The van der Waals surface area contributed by atoms with Crippen LogP contribution in [0.3, 0.4) is 0 Å². The minimum Gasteiger partial charge on any atom is -0.348 e. The lowest BCUT2D eigenvalue weighted by molar-refractivity contribution is -0.226. The van der Waals surface area contributed by atoms with Crippen LogP contribution in [0.4, 0.5) is 0 Å². The summed E-state index contributed by atoms with van der Waals surface area (Å²) in [5.74, 6) is 0.292. The Morgan fingerprint density at radius 2 is 1.62 bits per heavy atom. The van der Waals surface area contributed by atoms with E-state index >= 15 is 0 Å². The van der Waals surface area contributed by atoms with Crippen molar-refractivity contribution in [2.75, 3.05) is 24.3 Å². The van der Waals surface area contributed by atoms with E-state index in [0.29, 0.717) is 12.8 Å². The lowest BCUT2D eigenvalue weighted by Crippen LogP contribution is -2.40. The summed E-state index contributed by atoms with van der Waals surface area (Å²) in [4.78, 5) is 0. The lowest BCUT2D eigenvalue weighted by Gasteiger charge is -2.30. The molecule has 0 aromatic carbocycles. The van der Waals surface area contributed by atoms with E-state index in [1.54, 1.807) is 22.8 Å². The molecular weight excluding hydrogens is 395 g/mol. The van der Waals surface area contributed by atoms with Crippen LogP contribution < -0.4 is 0 Å². The van der Waals surface area contributed by atoms with Crippen LogP contribution in [0.2, 0.25) is 0 Å². The Kier molecular flexibility index (Phi) is 6.49. The highest BCUT2D eigenvalue weighted by Gasteiger charge is 2.59. The van der Waals surface area contributed by atoms with Crippen LogP contribution in [0.1, 0.15) is 41.5 Å². The molecule has 3 aliphatic heterocycles. The first-order chi connectivity index (χ1) is 12.1. The highest BCUT2D eigenvalue weighted by Crippen LogP contribution is 2.70. The second-order valence-electron chi connectivity index (χ2n) is 7.73. The first-order valence-electron chi connectivity index (χ1n) is 9.29. The zero-order valence-electron chi connectivity index (χ0n) is 16.4. The van der Waals surface area contributed by atoms with Crippen molar-refractivity contribution >= 4 is 28.3 Å². The summed E-state index contributed by atoms with van der Waals surface area (Å²) in [6, 6.07) is 0. The maximum absolute atomic E-state index is 13.5. The molecule has 9 heteroatoms. The van der Waals surface area contributed by atoms with E-state index in [9.17, 15) is 4.57 Å². The average Bonchev–Trinajstić information content (AvgIpc) is 3.10. The number of ether oxygens (including phenoxy) is 5. The van der Waals surface area contributed by atoms with Gasteiger partial charge in [0.1, 0.15) is 12.2 Å². The minimum absolute atomic E-state index is 0.0480. The van der Waals surface area contributed by atoms with Gasteiger partial charge in [0.25, 0.3) is 0 Å². The van der Waals surface area contributed by atoms with E-state index in [0.717, 1.165) is 11.5 Å². The summed E-state index contributed by atoms with van der Waals surface area (Å²) in [6.45, 7) is 12.1.